The van der Waals surface area contributed by atoms with Crippen LogP contribution in [0.2, 0.25) is 0 Å². The van der Waals surface area contributed by atoms with E-state index in [1.165, 1.54) is 31.4 Å². The van der Waals surface area contributed by atoms with E-state index in [4.69, 9.17) is 4.74 Å². The number of hydrogen-bond acceptors (Lipinski definition) is 3. The molecule has 0 amide bonds. The zero-order valence-electron chi connectivity index (χ0n) is 8.29. The molecule has 2 fully saturated rings. The van der Waals surface area contributed by atoms with Crippen LogP contribution in [0.25, 0.3) is 0 Å². The third-order valence-electron chi connectivity index (χ3n) is 2.77. The van der Waals surface area contributed by atoms with Crippen LogP contribution in [-0.4, -0.2) is 29.9 Å². The van der Waals surface area contributed by atoms with Gasteiger partial charge in [-0.15, -0.1) is 0 Å². The zero-order valence-corrected chi connectivity index (χ0v) is 9.11. The molecule has 0 aliphatic carbocycles. The van der Waals surface area contributed by atoms with E-state index in [9.17, 15) is 0 Å². The van der Waals surface area contributed by atoms with Crippen molar-refractivity contribution >= 4 is 11.8 Å². The Balaban J connectivity index is 1.71. The molecule has 0 saturated carbocycles. The van der Waals surface area contributed by atoms with Gasteiger partial charge in [0.15, 0.2) is 0 Å². The van der Waals surface area contributed by atoms with Crippen LogP contribution in [0, 0.1) is 0 Å². The molecule has 2 heterocycles. The monoisotopic (exact) mass is 201 g/mol. The van der Waals surface area contributed by atoms with E-state index >= 15 is 0 Å². The Morgan fingerprint density at radius 2 is 2.38 bits per heavy atom. The lowest BCUT2D eigenvalue weighted by atomic mass is 10.1. The number of nitrogens with one attached hydrogen (secondary N) is 1. The van der Waals surface area contributed by atoms with Gasteiger partial charge in [-0.3, -0.25) is 5.32 Å². The zero-order chi connectivity index (χ0) is 9.10. The molecule has 2 rings (SSSR count). The molecular formula is C10H19NOS. The lowest BCUT2D eigenvalue weighted by Gasteiger charge is -2.23. The fourth-order valence-corrected chi connectivity index (χ4v) is 3.39. The fraction of sp³-hybridized carbons (Fsp3) is 1.00. The summed E-state index contributed by atoms with van der Waals surface area (Å²) in [5, 5.41) is 4.31. The summed E-state index contributed by atoms with van der Waals surface area (Å²) in [4.78, 5) is 0. The minimum absolute atomic E-state index is 0.339. The summed E-state index contributed by atoms with van der Waals surface area (Å²) in [6.45, 7) is 3.08. The van der Waals surface area contributed by atoms with Gasteiger partial charge >= 0.3 is 0 Å². The largest absolute Gasteiger partial charge is 0.362 e. The highest BCUT2D eigenvalue weighted by Gasteiger charge is 2.25. The second-order valence-electron chi connectivity index (χ2n) is 4.11. The van der Waals surface area contributed by atoms with Crippen molar-refractivity contribution in [2.45, 2.75) is 50.1 Å². The van der Waals surface area contributed by atoms with Crippen LogP contribution in [0.1, 0.15) is 32.6 Å². The van der Waals surface area contributed by atoms with Gasteiger partial charge in [-0.2, -0.15) is 11.8 Å². The summed E-state index contributed by atoms with van der Waals surface area (Å²) in [5.74, 6) is 1.35. The summed E-state index contributed by atoms with van der Waals surface area (Å²) in [7, 11) is 0. The van der Waals surface area contributed by atoms with Crippen molar-refractivity contribution in [1.29, 1.82) is 0 Å². The minimum Gasteiger partial charge on any atom is -0.362 e. The molecule has 0 spiro atoms. The molecule has 2 saturated heterocycles. The lowest BCUT2D eigenvalue weighted by molar-refractivity contribution is 0.0922. The molecule has 2 aliphatic heterocycles. The molecule has 2 nitrogen and oxygen atoms in total. The van der Waals surface area contributed by atoms with Gasteiger partial charge < -0.3 is 4.74 Å². The average molecular weight is 201 g/mol. The summed E-state index contributed by atoms with van der Waals surface area (Å²) in [5.41, 5.74) is 0. The van der Waals surface area contributed by atoms with E-state index in [-0.39, 0.29) is 0 Å². The molecule has 3 atom stereocenters. The van der Waals surface area contributed by atoms with Gasteiger partial charge in [0, 0.05) is 11.3 Å². The van der Waals surface area contributed by atoms with Crippen molar-refractivity contribution in [3.05, 3.63) is 0 Å². The average Bonchev–Trinajstić information content (AvgIpc) is 2.53. The molecule has 3 heteroatoms. The number of thioether (sulfide) groups is 1. The van der Waals surface area contributed by atoms with E-state index in [1.807, 2.05) is 0 Å². The molecule has 0 aromatic heterocycles. The Morgan fingerprint density at radius 3 is 3.00 bits per heavy atom. The first-order chi connectivity index (χ1) is 6.34. The van der Waals surface area contributed by atoms with E-state index in [2.05, 4.69) is 24.0 Å². The van der Waals surface area contributed by atoms with Gasteiger partial charge in [0.1, 0.15) is 6.23 Å². The Morgan fingerprint density at radius 1 is 1.46 bits per heavy atom. The summed E-state index contributed by atoms with van der Waals surface area (Å²) in [6.07, 6.45) is 5.76. The smallest absolute Gasteiger partial charge is 0.109 e. The maximum Gasteiger partial charge on any atom is 0.109 e. The van der Waals surface area contributed by atoms with E-state index < -0.39 is 0 Å². The maximum atomic E-state index is 5.64. The number of hydrogen-bond donors (Lipinski definition) is 1. The Hall–Kier alpha value is 0.270. The van der Waals surface area contributed by atoms with Gasteiger partial charge in [0.2, 0.25) is 0 Å². The van der Waals surface area contributed by atoms with Crippen LogP contribution in [0.15, 0.2) is 0 Å². The third kappa shape index (κ3) is 2.86. The lowest BCUT2D eigenvalue weighted by Crippen LogP contribution is -2.31. The first-order valence-corrected chi connectivity index (χ1v) is 6.39. The van der Waals surface area contributed by atoms with Gasteiger partial charge in [0.25, 0.3) is 0 Å². The minimum atomic E-state index is 0.339. The predicted octanol–water partition coefficient (Wildman–Crippen LogP) is 2.00. The van der Waals surface area contributed by atoms with Crippen molar-refractivity contribution in [1.82, 2.24) is 5.32 Å². The van der Waals surface area contributed by atoms with Gasteiger partial charge in [-0.05, 0) is 31.9 Å². The van der Waals surface area contributed by atoms with Crippen LogP contribution < -0.4 is 5.32 Å². The van der Waals surface area contributed by atoms with Crippen molar-refractivity contribution in [3.8, 4) is 0 Å². The molecule has 0 radical (unpaired) electrons. The van der Waals surface area contributed by atoms with Crippen LogP contribution in [0.5, 0.6) is 0 Å². The Kier molecular flexibility index (Phi) is 3.52. The topological polar surface area (TPSA) is 21.3 Å². The van der Waals surface area contributed by atoms with Gasteiger partial charge in [-0.1, -0.05) is 6.42 Å². The van der Waals surface area contributed by atoms with Crippen molar-refractivity contribution in [2.24, 2.45) is 0 Å². The second kappa shape index (κ2) is 4.67. The van der Waals surface area contributed by atoms with Gasteiger partial charge in [-0.25, -0.2) is 0 Å². The van der Waals surface area contributed by atoms with Crippen LogP contribution >= 0.6 is 11.8 Å². The highest BCUT2D eigenvalue weighted by atomic mass is 32.2. The standard InChI is InChI=1S/C10H19NOS/c1-8-7-12-10(11-8)6-9-4-2-3-5-13-9/h8-11H,2-7H2,1H3. The molecule has 13 heavy (non-hydrogen) atoms. The first kappa shape index (κ1) is 9.81. The number of ether oxygens (including phenoxy) is 1. The molecule has 2 aliphatic rings. The SMILES string of the molecule is CC1COC(CC2CCCCS2)N1. The highest BCUT2D eigenvalue weighted by molar-refractivity contribution is 7.99. The van der Waals surface area contributed by atoms with E-state index in [1.54, 1.807) is 0 Å². The molecule has 0 aromatic rings. The van der Waals surface area contributed by atoms with Crippen molar-refractivity contribution in [2.75, 3.05) is 12.4 Å². The van der Waals surface area contributed by atoms with E-state index in [0.717, 1.165) is 11.9 Å². The Labute approximate surface area is 84.8 Å². The highest BCUT2D eigenvalue weighted by Crippen LogP contribution is 2.29. The molecule has 0 aromatic carbocycles. The first-order valence-electron chi connectivity index (χ1n) is 5.34. The molecular weight excluding hydrogens is 182 g/mol. The normalized spacial score (nSPS) is 40.8. The Bertz CT molecular complexity index is 156. The molecule has 76 valence electrons. The van der Waals surface area contributed by atoms with Crippen LogP contribution in [-0.2, 0) is 4.74 Å². The van der Waals surface area contributed by atoms with Crippen LogP contribution in [0.3, 0.4) is 0 Å². The van der Waals surface area contributed by atoms with Crippen LogP contribution in [0.4, 0.5) is 0 Å². The molecule has 3 unspecified atom stereocenters. The summed E-state index contributed by atoms with van der Waals surface area (Å²) >= 11 is 2.13. The predicted molar refractivity (Wildman–Crippen MR) is 57.1 cm³/mol. The van der Waals surface area contributed by atoms with E-state index in [0.29, 0.717) is 12.3 Å². The maximum absolute atomic E-state index is 5.64. The van der Waals surface area contributed by atoms with Crippen molar-refractivity contribution < 1.29 is 4.74 Å². The fourth-order valence-electron chi connectivity index (χ4n) is 2.04. The van der Waals surface area contributed by atoms with Gasteiger partial charge in [0.05, 0.1) is 6.61 Å². The summed E-state index contributed by atoms with van der Waals surface area (Å²) < 4.78 is 5.64. The number of rotatable bonds is 2. The third-order valence-corrected chi connectivity index (χ3v) is 4.19. The quantitative estimate of drug-likeness (QED) is 0.738. The van der Waals surface area contributed by atoms with Crippen molar-refractivity contribution in [3.63, 3.8) is 0 Å². The second-order valence-corrected chi connectivity index (χ2v) is 5.52. The molecule has 0 bridgehead atoms. The molecule has 1 N–H and O–H groups in total. The summed E-state index contributed by atoms with van der Waals surface area (Å²) in [6, 6.07) is 0.554.